The number of aliphatic imine (C=N–C) groups is 1. The first-order valence-electron chi connectivity index (χ1n) is 6.76. The molecular weight excluding hydrogens is 347 g/mol. The normalized spacial score (nSPS) is 12.5. The van der Waals surface area contributed by atoms with Crippen LogP contribution in [0.1, 0.15) is 20.6 Å². The fraction of sp³-hybridized carbons (Fsp3) is 0.462. The van der Waals surface area contributed by atoms with Gasteiger partial charge in [0, 0.05) is 36.5 Å². The average molecular weight is 363 g/mol. The van der Waals surface area contributed by atoms with Crippen LogP contribution in [-0.2, 0) is 19.1 Å². The zero-order valence-corrected chi connectivity index (χ0v) is 14.2. The lowest BCUT2D eigenvalue weighted by molar-refractivity contribution is -0.140. The highest BCUT2D eigenvalue weighted by atomic mass is 32.1. The van der Waals surface area contributed by atoms with E-state index >= 15 is 0 Å². The van der Waals surface area contributed by atoms with E-state index in [9.17, 15) is 13.2 Å². The van der Waals surface area contributed by atoms with E-state index in [2.05, 4.69) is 25.6 Å². The summed E-state index contributed by atoms with van der Waals surface area (Å²) in [5, 5.41) is 8.44. The zero-order valence-electron chi connectivity index (χ0n) is 12.6. The van der Waals surface area contributed by atoms with Crippen molar-refractivity contribution >= 4 is 28.6 Å². The molecule has 0 fully saturated rings. The largest absolute Gasteiger partial charge is 0.434 e. The molecular formula is C13H16F3N5S2. The van der Waals surface area contributed by atoms with Gasteiger partial charge in [0.2, 0.25) is 0 Å². The van der Waals surface area contributed by atoms with Crippen LogP contribution in [0, 0.1) is 6.92 Å². The second kappa shape index (κ2) is 7.73. The average Bonchev–Trinajstić information content (AvgIpc) is 3.11. The van der Waals surface area contributed by atoms with E-state index in [-0.39, 0.29) is 6.54 Å². The van der Waals surface area contributed by atoms with E-state index < -0.39 is 11.9 Å². The smallest absolute Gasteiger partial charge is 0.356 e. The molecule has 2 aromatic rings. The van der Waals surface area contributed by atoms with Gasteiger partial charge in [-0.25, -0.2) is 9.97 Å². The molecule has 0 aliphatic carbocycles. The summed E-state index contributed by atoms with van der Waals surface area (Å²) in [6, 6.07) is 0. The molecule has 0 saturated heterocycles. The van der Waals surface area contributed by atoms with Crippen LogP contribution in [0.2, 0.25) is 0 Å². The first-order valence-corrected chi connectivity index (χ1v) is 8.45. The van der Waals surface area contributed by atoms with Crippen molar-refractivity contribution in [3.63, 3.8) is 0 Å². The molecule has 2 aromatic heterocycles. The van der Waals surface area contributed by atoms with Crippen molar-refractivity contribution in [3.05, 3.63) is 32.2 Å². The molecule has 126 valence electrons. The number of halogens is 3. The number of rotatable bonds is 5. The molecule has 0 atom stereocenters. The molecule has 0 saturated carbocycles. The number of aryl methyl sites for hydroxylation is 1. The quantitative estimate of drug-likeness (QED) is 0.633. The molecule has 23 heavy (non-hydrogen) atoms. The number of guanidine groups is 1. The summed E-state index contributed by atoms with van der Waals surface area (Å²) in [5.41, 5.74) is -0.860. The molecule has 0 aliphatic rings. The van der Waals surface area contributed by atoms with Crippen molar-refractivity contribution in [2.75, 3.05) is 13.6 Å². The Morgan fingerprint density at radius 2 is 2.09 bits per heavy atom. The molecule has 2 heterocycles. The zero-order chi connectivity index (χ0) is 16.9. The van der Waals surface area contributed by atoms with Gasteiger partial charge in [-0.3, -0.25) is 4.99 Å². The molecule has 0 bridgehead atoms. The lowest BCUT2D eigenvalue weighted by atomic mass is 10.4. The number of nitrogens with one attached hydrogen (secondary N) is 2. The maximum Gasteiger partial charge on any atom is 0.434 e. The molecule has 2 rings (SSSR count). The first-order chi connectivity index (χ1) is 10.9. The first kappa shape index (κ1) is 17.7. The fourth-order valence-corrected chi connectivity index (χ4v) is 3.23. The van der Waals surface area contributed by atoms with E-state index in [4.69, 9.17) is 0 Å². The fourth-order valence-electron chi connectivity index (χ4n) is 1.71. The Bertz CT molecular complexity index is 663. The highest BCUT2D eigenvalue weighted by molar-refractivity contribution is 7.11. The minimum absolute atomic E-state index is 0.191. The van der Waals surface area contributed by atoms with Gasteiger partial charge in [-0.1, -0.05) is 0 Å². The van der Waals surface area contributed by atoms with Crippen molar-refractivity contribution in [3.8, 4) is 0 Å². The summed E-state index contributed by atoms with van der Waals surface area (Å²) in [4.78, 5) is 13.0. The molecule has 0 radical (unpaired) electrons. The van der Waals surface area contributed by atoms with Crippen molar-refractivity contribution < 1.29 is 13.2 Å². The molecule has 0 unspecified atom stereocenters. The van der Waals surface area contributed by atoms with E-state index in [1.54, 1.807) is 18.4 Å². The van der Waals surface area contributed by atoms with Crippen molar-refractivity contribution in [1.82, 2.24) is 20.6 Å². The number of hydrogen-bond acceptors (Lipinski definition) is 5. The third-order valence-corrected chi connectivity index (χ3v) is 4.59. The monoisotopic (exact) mass is 363 g/mol. The molecule has 5 nitrogen and oxygen atoms in total. The van der Waals surface area contributed by atoms with E-state index in [0.717, 1.165) is 33.0 Å². The van der Waals surface area contributed by atoms with Crippen LogP contribution in [0.15, 0.2) is 16.6 Å². The van der Waals surface area contributed by atoms with Gasteiger partial charge in [0.15, 0.2) is 11.7 Å². The summed E-state index contributed by atoms with van der Waals surface area (Å²) in [7, 11) is 1.60. The van der Waals surface area contributed by atoms with Crippen LogP contribution in [0.25, 0.3) is 0 Å². The number of nitrogens with zero attached hydrogens (tertiary/aromatic N) is 3. The SMILES string of the molecule is CN=C(NCCc1ncc(C)s1)NCc1nc(C(F)(F)F)cs1. The summed E-state index contributed by atoms with van der Waals surface area (Å²) < 4.78 is 37.4. The predicted octanol–water partition coefficient (Wildman–Crippen LogP) is 2.83. The molecule has 0 aliphatic heterocycles. The standard InChI is InChI=1S/C13H16F3N5S2/c1-8-5-19-10(23-8)3-4-18-12(17-2)20-6-11-21-9(7-22-11)13(14,15)16/h5,7H,3-4,6H2,1-2H3,(H2,17,18,20). The maximum absolute atomic E-state index is 12.5. The second-order valence-electron chi connectivity index (χ2n) is 4.59. The summed E-state index contributed by atoms with van der Waals surface area (Å²) in [6.45, 7) is 2.83. The van der Waals surface area contributed by atoms with Crippen LogP contribution in [-0.4, -0.2) is 29.5 Å². The topological polar surface area (TPSA) is 62.2 Å². The van der Waals surface area contributed by atoms with Crippen LogP contribution in [0.5, 0.6) is 0 Å². The third kappa shape index (κ3) is 5.47. The van der Waals surface area contributed by atoms with Gasteiger partial charge >= 0.3 is 6.18 Å². The number of aromatic nitrogens is 2. The van der Waals surface area contributed by atoms with Crippen LogP contribution >= 0.6 is 22.7 Å². The Kier molecular flexibility index (Phi) is 5.94. The minimum Gasteiger partial charge on any atom is -0.356 e. The lowest BCUT2D eigenvalue weighted by Crippen LogP contribution is -2.37. The number of alkyl halides is 3. The Morgan fingerprint density at radius 3 is 2.65 bits per heavy atom. The van der Waals surface area contributed by atoms with Gasteiger partial charge in [0.1, 0.15) is 5.01 Å². The van der Waals surface area contributed by atoms with Gasteiger partial charge in [0.25, 0.3) is 0 Å². The Balaban J connectivity index is 1.77. The number of hydrogen-bond donors (Lipinski definition) is 2. The van der Waals surface area contributed by atoms with Gasteiger partial charge < -0.3 is 10.6 Å². The van der Waals surface area contributed by atoms with Crippen molar-refractivity contribution in [1.29, 1.82) is 0 Å². The summed E-state index contributed by atoms with van der Waals surface area (Å²) in [5.74, 6) is 0.516. The second-order valence-corrected chi connectivity index (χ2v) is 6.85. The van der Waals surface area contributed by atoms with Gasteiger partial charge in [0.05, 0.1) is 11.6 Å². The van der Waals surface area contributed by atoms with Crippen LogP contribution in [0.4, 0.5) is 13.2 Å². The Hall–Kier alpha value is -1.68. The van der Waals surface area contributed by atoms with Crippen molar-refractivity contribution in [2.45, 2.75) is 26.1 Å². The van der Waals surface area contributed by atoms with Crippen LogP contribution < -0.4 is 10.6 Å². The van der Waals surface area contributed by atoms with Gasteiger partial charge in [-0.2, -0.15) is 13.2 Å². The lowest BCUT2D eigenvalue weighted by Gasteiger charge is -2.10. The van der Waals surface area contributed by atoms with E-state index in [0.29, 0.717) is 17.5 Å². The molecule has 0 amide bonds. The Morgan fingerprint density at radius 1 is 1.30 bits per heavy atom. The van der Waals surface area contributed by atoms with Gasteiger partial charge in [-0.05, 0) is 6.92 Å². The van der Waals surface area contributed by atoms with E-state index in [1.807, 2.05) is 13.1 Å². The molecule has 2 N–H and O–H groups in total. The summed E-state index contributed by atoms with van der Waals surface area (Å²) >= 11 is 2.60. The minimum atomic E-state index is -4.40. The summed E-state index contributed by atoms with van der Waals surface area (Å²) in [6.07, 6.45) is -1.82. The van der Waals surface area contributed by atoms with E-state index in [1.165, 1.54) is 0 Å². The number of thiazole rings is 2. The maximum atomic E-state index is 12.5. The highest BCUT2D eigenvalue weighted by Gasteiger charge is 2.33. The van der Waals surface area contributed by atoms with Crippen molar-refractivity contribution in [2.24, 2.45) is 4.99 Å². The molecule has 10 heteroatoms. The third-order valence-electron chi connectivity index (χ3n) is 2.77. The predicted molar refractivity (Wildman–Crippen MR) is 85.9 cm³/mol. The highest BCUT2D eigenvalue weighted by Crippen LogP contribution is 2.29. The van der Waals surface area contributed by atoms with Crippen LogP contribution in [0.3, 0.4) is 0 Å². The molecule has 0 aromatic carbocycles. The molecule has 0 spiro atoms. The van der Waals surface area contributed by atoms with Gasteiger partial charge in [-0.15, -0.1) is 22.7 Å². The Labute approximate surface area is 139 Å².